The molecule has 11 heteroatoms. The molecule has 2 saturated heterocycles. The van der Waals surface area contributed by atoms with Crippen LogP contribution in [0.4, 0.5) is 0 Å². The Kier molecular flexibility index (Phi) is 34.1. The predicted octanol–water partition coefficient (Wildman–Crippen LogP) is 9.00. The van der Waals surface area contributed by atoms with Crippen molar-refractivity contribution in [2.75, 3.05) is 40.3 Å². The topological polar surface area (TPSA) is 156 Å². The predicted molar refractivity (Wildman–Crippen MR) is 249 cm³/mol. The second kappa shape index (κ2) is 36.7. The minimum atomic E-state index is -1.60. The molecule has 0 radical (unpaired) electrons. The summed E-state index contributed by atoms with van der Waals surface area (Å²) in [6.07, 6.45) is 28.5. The van der Waals surface area contributed by atoms with Crippen molar-refractivity contribution in [2.24, 2.45) is 0 Å². The summed E-state index contributed by atoms with van der Waals surface area (Å²) in [6, 6.07) is 0. The average molecular weight is 873 g/mol. The zero-order valence-corrected chi connectivity index (χ0v) is 40.0. The lowest BCUT2D eigenvalue weighted by Gasteiger charge is -2.46. The highest BCUT2D eigenvalue weighted by molar-refractivity contribution is 4.93. The van der Waals surface area contributed by atoms with Crippen LogP contribution in [0.2, 0.25) is 0 Å². The van der Waals surface area contributed by atoms with Gasteiger partial charge in [0.1, 0.15) is 48.8 Å². The summed E-state index contributed by atoms with van der Waals surface area (Å²) in [5.41, 5.74) is 0. The van der Waals surface area contributed by atoms with Gasteiger partial charge in [0, 0.05) is 13.1 Å². The van der Waals surface area contributed by atoms with Gasteiger partial charge < -0.3 is 54.6 Å². The second-order valence-corrected chi connectivity index (χ2v) is 19.3. The fourth-order valence-electron chi connectivity index (χ4n) is 9.15. The lowest BCUT2D eigenvalue weighted by Crippen LogP contribution is -2.64. The molecule has 0 bridgehead atoms. The minimum absolute atomic E-state index is 0.311. The molecule has 0 unspecified atom stereocenters. The van der Waals surface area contributed by atoms with Gasteiger partial charge in [-0.15, -0.1) is 0 Å². The summed E-state index contributed by atoms with van der Waals surface area (Å²) in [5, 5.41) is 64.7. The Balaban J connectivity index is 1.61. The van der Waals surface area contributed by atoms with Crippen molar-refractivity contribution in [1.29, 1.82) is 0 Å². The molecule has 0 aromatic heterocycles. The van der Waals surface area contributed by atoms with Crippen molar-refractivity contribution in [3.05, 3.63) is 0 Å². The van der Waals surface area contributed by atoms with Gasteiger partial charge >= 0.3 is 0 Å². The lowest BCUT2D eigenvalue weighted by molar-refractivity contribution is -0.374. The van der Waals surface area contributed by atoms with E-state index in [0.717, 1.165) is 38.8 Å². The van der Waals surface area contributed by atoms with E-state index in [1.807, 2.05) is 14.1 Å². The van der Waals surface area contributed by atoms with Crippen LogP contribution in [0.15, 0.2) is 0 Å². The van der Waals surface area contributed by atoms with Crippen LogP contribution in [0.25, 0.3) is 0 Å². The van der Waals surface area contributed by atoms with E-state index < -0.39 is 61.4 Å². The molecule has 2 fully saturated rings. The normalized spacial score (nSPS) is 27.1. The van der Waals surface area contributed by atoms with Crippen LogP contribution in [0.1, 0.15) is 219 Å². The van der Waals surface area contributed by atoms with Crippen molar-refractivity contribution in [3.8, 4) is 0 Å². The van der Waals surface area contributed by atoms with E-state index in [1.54, 1.807) is 0 Å². The number of nitrogens with zero attached hydrogens (tertiary/aromatic N) is 2. The fraction of sp³-hybridized carbons (Fsp3) is 1.00. The van der Waals surface area contributed by atoms with Crippen LogP contribution < -0.4 is 0 Å². The quantitative estimate of drug-likeness (QED) is 0.0327. The molecule has 0 aromatic carbocycles. The Morgan fingerprint density at radius 3 is 0.803 bits per heavy atom. The molecular weight excluding hydrogens is 773 g/mol. The Labute approximate surface area is 374 Å². The summed E-state index contributed by atoms with van der Waals surface area (Å²) in [7, 11) is 3.89. The number of likely N-dealkylation sites (N-methyl/N-ethyl adjacent to an activating group) is 2. The van der Waals surface area contributed by atoms with Crippen molar-refractivity contribution >= 4 is 0 Å². The smallest absolute Gasteiger partial charge is 0.189 e. The van der Waals surface area contributed by atoms with E-state index in [1.165, 1.54) is 180 Å². The first kappa shape index (κ1) is 56.7. The summed E-state index contributed by atoms with van der Waals surface area (Å²) in [5.74, 6) is 0. The van der Waals surface area contributed by atoms with Crippen LogP contribution in [-0.2, 0) is 14.2 Å². The summed E-state index contributed by atoms with van der Waals surface area (Å²) < 4.78 is 17.9. The van der Waals surface area contributed by atoms with Crippen LogP contribution in [0.5, 0.6) is 0 Å². The highest BCUT2D eigenvalue weighted by Gasteiger charge is 2.50. The van der Waals surface area contributed by atoms with Crippen molar-refractivity contribution in [2.45, 2.75) is 281 Å². The first-order chi connectivity index (χ1) is 29.6. The Morgan fingerprint density at radius 1 is 0.328 bits per heavy atom. The fourth-order valence-corrected chi connectivity index (χ4v) is 9.15. The summed E-state index contributed by atoms with van der Waals surface area (Å²) in [4.78, 5) is 4.10. The molecule has 0 aliphatic carbocycles. The van der Waals surface area contributed by atoms with Crippen LogP contribution in [0, 0.1) is 0 Å². The zero-order chi connectivity index (χ0) is 44.5. The number of rotatable bonds is 40. The zero-order valence-electron chi connectivity index (χ0n) is 40.0. The molecule has 2 rings (SSSR count). The van der Waals surface area contributed by atoms with E-state index in [0.29, 0.717) is 13.1 Å². The van der Waals surface area contributed by atoms with Crippen molar-refractivity contribution in [1.82, 2.24) is 9.80 Å². The first-order valence-corrected chi connectivity index (χ1v) is 26.0. The minimum Gasteiger partial charge on any atom is -0.388 e. The van der Waals surface area contributed by atoms with Gasteiger partial charge in [-0.25, -0.2) is 0 Å². The van der Waals surface area contributed by atoms with Crippen molar-refractivity contribution < 1.29 is 44.8 Å². The van der Waals surface area contributed by atoms with Gasteiger partial charge in [0.05, 0.1) is 0 Å². The Bertz CT molecular complexity index is 909. The third-order valence-corrected chi connectivity index (χ3v) is 13.4. The maximum Gasteiger partial charge on any atom is 0.189 e. The third-order valence-electron chi connectivity index (χ3n) is 13.4. The maximum absolute atomic E-state index is 10.8. The Hall–Kier alpha value is -0.440. The van der Waals surface area contributed by atoms with Crippen LogP contribution >= 0.6 is 0 Å². The SMILES string of the molecule is CCCCCCCCCCCCCCCCCCN(C)C[C@H]1O[C@H](O[C@H]2O[C@H](CN(C)CCCCCCCCCCCCCCCCCC)[C@@H](O)[C@H](O)[C@H]2O)[C@H](O)[C@@H](O)[C@@H]1O. The number of hydrogen-bond donors (Lipinski definition) is 6. The van der Waals surface area contributed by atoms with Crippen LogP contribution in [0.3, 0.4) is 0 Å². The number of unbranched alkanes of at least 4 members (excludes halogenated alkanes) is 30. The second-order valence-electron chi connectivity index (χ2n) is 19.3. The molecule has 364 valence electrons. The standard InChI is InChI=1S/C50H100N2O9/c1-5-7-9-11-13-15-17-19-21-23-25-27-29-31-33-35-37-51(3)39-41-43(53)45(55)47(57)49(59-41)61-50-48(58)46(56)44(54)42(60-50)40-52(4)38-36-34-32-30-28-26-24-22-20-18-16-14-12-10-8-6-2/h41-50,53-58H,5-40H2,1-4H3/t41-,42-,43-,44-,45+,46+,47-,48-,49-,50-/m1/s1. The monoisotopic (exact) mass is 873 g/mol. The Morgan fingerprint density at radius 2 is 0.557 bits per heavy atom. The first-order valence-electron chi connectivity index (χ1n) is 26.0. The van der Waals surface area contributed by atoms with Gasteiger partial charge in [-0.1, -0.05) is 206 Å². The molecule has 0 aromatic rings. The van der Waals surface area contributed by atoms with Gasteiger partial charge in [0.25, 0.3) is 0 Å². The molecule has 0 amide bonds. The van der Waals surface area contributed by atoms with Gasteiger partial charge in [-0.05, 0) is 40.0 Å². The average Bonchev–Trinajstić information content (AvgIpc) is 3.25. The highest BCUT2D eigenvalue weighted by Crippen LogP contribution is 2.29. The molecule has 0 saturated carbocycles. The number of hydrogen-bond acceptors (Lipinski definition) is 11. The van der Waals surface area contributed by atoms with Crippen molar-refractivity contribution in [3.63, 3.8) is 0 Å². The molecule has 0 spiro atoms. The van der Waals surface area contributed by atoms with Gasteiger partial charge in [0.2, 0.25) is 0 Å². The number of aliphatic hydroxyl groups is 6. The third kappa shape index (κ3) is 25.7. The summed E-state index contributed by atoms with van der Waals surface area (Å²) in [6.45, 7) is 6.77. The molecule has 11 nitrogen and oxygen atoms in total. The van der Waals surface area contributed by atoms with Gasteiger partial charge in [-0.3, -0.25) is 0 Å². The maximum atomic E-state index is 10.8. The van der Waals surface area contributed by atoms with Crippen LogP contribution in [-0.4, -0.2) is 142 Å². The summed E-state index contributed by atoms with van der Waals surface area (Å²) >= 11 is 0. The van der Waals surface area contributed by atoms with Gasteiger partial charge in [0.15, 0.2) is 12.6 Å². The molecular formula is C50H100N2O9. The van der Waals surface area contributed by atoms with E-state index in [9.17, 15) is 30.6 Å². The highest BCUT2D eigenvalue weighted by atomic mass is 16.8. The molecule has 61 heavy (non-hydrogen) atoms. The van der Waals surface area contributed by atoms with E-state index in [4.69, 9.17) is 14.2 Å². The number of ether oxygens (including phenoxy) is 3. The molecule has 10 atom stereocenters. The molecule has 2 aliphatic heterocycles. The largest absolute Gasteiger partial charge is 0.388 e. The molecule has 6 N–H and O–H groups in total. The van der Waals surface area contributed by atoms with E-state index >= 15 is 0 Å². The van der Waals surface area contributed by atoms with E-state index in [-0.39, 0.29) is 0 Å². The molecule has 2 aliphatic rings. The molecule has 2 heterocycles. The lowest BCUT2D eigenvalue weighted by atomic mass is 9.97. The number of aliphatic hydroxyl groups excluding tert-OH is 6. The van der Waals surface area contributed by atoms with Gasteiger partial charge in [-0.2, -0.15) is 0 Å². The van der Waals surface area contributed by atoms with E-state index in [2.05, 4.69) is 23.6 Å².